The molecule has 0 bridgehead atoms. The maximum absolute atomic E-state index is 12.8. The molecule has 0 aliphatic heterocycles. The molecule has 0 fully saturated rings. The van der Waals surface area contributed by atoms with E-state index in [-0.39, 0.29) is 5.56 Å². The Morgan fingerprint density at radius 2 is 1.75 bits per heavy atom. The minimum atomic E-state index is -0.175. The summed E-state index contributed by atoms with van der Waals surface area (Å²) in [6, 6.07) is 17.0. The Kier molecular flexibility index (Phi) is 4.61. The van der Waals surface area contributed by atoms with Crippen LogP contribution in [0.1, 0.15) is 22.8 Å². The summed E-state index contributed by atoms with van der Waals surface area (Å²) in [4.78, 5) is 17.3. The van der Waals surface area contributed by atoms with Crippen LogP contribution >= 0.6 is 11.6 Å². The second-order valence-electron chi connectivity index (χ2n) is 6.68. The zero-order chi connectivity index (χ0) is 19.8. The minimum absolute atomic E-state index is 0.175. The van der Waals surface area contributed by atoms with Gasteiger partial charge in [-0.3, -0.25) is 4.79 Å². The van der Waals surface area contributed by atoms with Crippen molar-refractivity contribution in [3.63, 3.8) is 0 Å². The molecule has 0 atom stereocenters. The number of hydrogen-bond donors (Lipinski definition) is 0. The second-order valence-corrected chi connectivity index (χ2v) is 7.11. The van der Waals surface area contributed by atoms with Gasteiger partial charge >= 0.3 is 0 Å². The summed E-state index contributed by atoms with van der Waals surface area (Å²) < 4.78 is 3.47. The average molecular weight is 391 g/mol. The highest BCUT2D eigenvalue weighted by Gasteiger charge is 2.11. The van der Waals surface area contributed by atoms with E-state index in [1.807, 2.05) is 62.4 Å². The Morgan fingerprint density at radius 3 is 2.50 bits per heavy atom. The molecule has 5 nitrogen and oxygen atoms in total. The van der Waals surface area contributed by atoms with Gasteiger partial charge in [0.2, 0.25) is 0 Å². The van der Waals surface area contributed by atoms with Crippen molar-refractivity contribution in [2.24, 2.45) is 5.10 Å². The van der Waals surface area contributed by atoms with Gasteiger partial charge < -0.3 is 4.57 Å². The second kappa shape index (κ2) is 7.09. The van der Waals surface area contributed by atoms with E-state index in [9.17, 15) is 4.79 Å². The van der Waals surface area contributed by atoms with Gasteiger partial charge in [0.15, 0.2) is 0 Å². The number of para-hydroxylation sites is 1. The van der Waals surface area contributed by atoms with Gasteiger partial charge in [0, 0.05) is 27.7 Å². The molecule has 0 saturated heterocycles. The number of benzene rings is 2. The zero-order valence-electron chi connectivity index (χ0n) is 15.8. The molecule has 0 aliphatic rings. The lowest BCUT2D eigenvalue weighted by Crippen LogP contribution is -2.20. The maximum atomic E-state index is 12.8. The molecule has 2 heterocycles. The first-order chi connectivity index (χ1) is 13.5. The van der Waals surface area contributed by atoms with Crippen LogP contribution in [0, 0.1) is 20.8 Å². The molecule has 6 heteroatoms. The van der Waals surface area contributed by atoms with Crippen molar-refractivity contribution in [2.75, 3.05) is 0 Å². The molecule has 0 unspecified atom stereocenters. The average Bonchev–Trinajstić information content (AvgIpc) is 2.96. The number of aryl methyl sites for hydroxylation is 2. The molecule has 0 spiro atoms. The van der Waals surface area contributed by atoms with Gasteiger partial charge in [0.1, 0.15) is 5.82 Å². The zero-order valence-corrected chi connectivity index (χ0v) is 16.6. The molecule has 0 N–H and O–H groups in total. The summed E-state index contributed by atoms with van der Waals surface area (Å²) >= 11 is 6.00. The Morgan fingerprint density at radius 1 is 1.04 bits per heavy atom. The van der Waals surface area contributed by atoms with Gasteiger partial charge in [-0.15, -0.1) is 0 Å². The van der Waals surface area contributed by atoms with Crippen LogP contribution in [0.3, 0.4) is 0 Å². The number of fused-ring (bicyclic) bond motifs is 1. The molecule has 2 aromatic heterocycles. The molecule has 4 aromatic rings. The highest BCUT2D eigenvalue weighted by molar-refractivity contribution is 6.30. The largest absolute Gasteiger partial charge is 0.318 e. The van der Waals surface area contributed by atoms with Crippen molar-refractivity contribution in [3.8, 4) is 5.69 Å². The lowest BCUT2D eigenvalue weighted by Gasteiger charge is -2.09. The van der Waals surface area contributed by atoms with Crippen LogP contribution in [0.25, 0.3) is 16.6 Å². The summed E-state index contributed by atoms with van der Waals surface area (Å²) in [5.41, 5.74) is 4.57. The van der Waals surface area contributed by atoms with Crippen molar-refractivity contribution in [3.05, 3.63) is 92.7 Å². The lowest BCUT2D eigenvalue weighted by atomic mass is 10.2. The van der Waals surface area contributed by atoms with Gasteiger partial charge in [-0.2, -0.15) is 9.78 Å². The standard InChI is InChI=1S/C22H19ClN4O/c1-14-12-17(15(2)26(14)19-10-8-18(23)9-11-19)13-24-27-16(3)25-21-7-5-4-6-20(21)22(27)28/h4-13H,1-3H3. The molecule has 140 valence electrons. The molecule has 0 aliphatic carbocycles. The summed E-state index contributed by atoms with van der Waals surface area (Å²) in [6.07, 6.45) is 1.71. The van der Waals surface area contributed by atoms with Crippen molar-refractivity contribution in [2.45, 2.75) is 20.8 Å². The highest BCUT2D eigenvalue weighted by Crippen LogP contribution is 2.21. The molecule has 0 amide bonds. The first kappa shape index (κ1) is 18.2. The van der Waals surface area contributed by atoms with Crippen LogP contribution in [-0.4, -0.2) is 20.4 Å². The normalized spacial score (nSPS) is 11.6. The van der Waals surface area contributed by atoms with Gasteiger partial charge in [-0.25, -0.2) is 4.98 Å². The Balaban J connectivity index is 1.77. The van der Waals surface area contributed by atoms with Gasteiger partial charge in [-0.1, -0.05) is 23.7 Å². The molecule has 4 rings (SSSR count). The predicted octanol–water partition coefficient (Wildman–Crippen LogP) is 4.65. The van der Waals surface area contributed by atoms with Crippen molar-refractivity contribution < 1.29 is 0 Å². The third kappa shape index (κ3) is 3.14. The quantitative estimate of drug-likeness (QED) is 0.478. The Hall–Kier alpha value is -3.18. The summed E-state index contributed by atoms with van der Waals surface area (Å²) in [5, 5.41) is 5.68. The van der Waals surface area contributed by atoms with Crippen molar-refractivity contribution in [1.29, 1.82) is 0 Å². The number of nitrogens with zero attached hydrogens (tertiary/aromatic N) is 4. The van der Waals surface area contributed by atoms with Crippen LogP contribution in [0.2, 0.25) is 5.02 Å². The van der Waals surface area contributed by atoms with E-state index >= 15 is 0 Å². The number of rotatable bonds is 3. The Bertz CT molecular complexity index is 1270. The number of aromatic nitrogens is 3. The molecule has 0 saturated carbocycles. The highest BCUT2D eigenvalue weighted by atomic mass is 35.5. The summed E-state index contributed by atoms with van der Waals surface area (Å²) in [7, 11) is 0. The molecule has 28 heavy (non-hydrogen) atoms. The van der Waals surface area contributed by atoms with E-state index in [4.69, 9.17) is 11.6 Å². The van der Waals surface area contributed by atoms with Crippen LogP contribution in [0.15, 0.2) is 64.5 Å². The van der Waals surface area contributed by atoms with Crippen LogP contribution < -0.4 is 5.56 Å². The van der Waals surface area contributed by atoms with E-state index in [0.29, 0.717) is 21.7 Å². The van der Waals surface area contributed by atoms with Gasteiger partial charge in [0.05, 0.1) is 17.1 Å². The first-order valence-corrected chi connectivity index (χ1v) is 9.31. The molecule has 0 radical (unpaired) electrons. The smallest absolute Gasteiger partial charge is 0.282 e. The first-order valence-electron chi connectivity index (χ1n) is 8.93. The minimum Gasteiger partial charge on any atom is -0.318 e. The molecular formula is C22H19ClN4O. The van der Waals surface area contributed by atoms with Crippen molar-refractivity contribution in [1.82, 2.24) is 14.2 Å². The van der Waals surface area contributed by atoms with E-state index in [0.717, 1.165) is 22.6 Å². The van der Waals surface area contributed by atoms with E-state index in [1.54, 1.807) is 19.2 Å². The fraction of sp³-hybridized carbons (Fsp3) is 0.136. The van der Waals surface area contributed by atoms with Gasteiger partial charge in [-0.05, 0) is 63.2 Å². The molecular weight excluding hydrogens is 372 g/mol. The van der Waals surface area contributed by atoms with E-state index in [2.05, 4.69) is 14.7 Å². The van der Waals surface area contributed by atoms with E-state index in [1.165, 1.54) is 4.68 Å². The topological polar surface area (TPSA) is 52.2 Å². The van der Waals surface area contributed by atoms with Crippen LogP contribution in [0.4, 0.5) is 0 Å². The SMILES string of the molecule is Cc1cc(C=Nn2c(C)nc3ccccc3c2=O)c(C)n1-c1ccc(Cl)cc1. The fourth-order valence-corrected chi connectivity index (χ4v) is 3.52. The van der Waals surface area contributed by atoms with Crippen molar-refractivity contribution >= 4 is 28.7 Å². The summed E-state index contributed by atoms with van der Waals surface area (Å²) in [5.74, 6) is 0.548. The Labute approximate surface area is 167 Å². The van der Waals surface area contributed by atoms with E-state index < -0.39 is 0 Å². The monoisotopic (exact) mass is 390 g/mol. The predicted molar refractivity (Wildman–Crippen MR) is 114 cm³/mol. The fourth-order valence-electron chi connectivity index (χ4n) is 3.40. The van der Waals surface area contributed by atoms with Gasteiger partial charge in [0.25, 0.3) is 5.56 Å². The number of halogens is 1. The van der Waals surface area contributed by atoms with Crippen LogP contribution in [-0.2, 0) is 0 Å². The molecule has 2 aromatic carbocycles. The third-order valence-electron chi connectivity index (χ3n) is 4.78. The number of hydrogen-bond acceptors (Lipinski definition) is 3. The third-order valence-corrected chi connectivity index (χ3v) is 5.03. The lowest BCUT2D eigenvalue weighted by molar-refractivity contribution is 0.770. The maximum Gasteiger partial charge on any atom is 0.282 e. The van der Waals surface area contributed by atoms with Crippen LogP contribution in [0.5, 0.6) is 0 Å². The summed E-state index contributed by atoms with van der Waals surface area (Å²) in [6.45, 7) is 5.84.